The lowest BCUT2D eigenvalue weighted by atomic mass is 10.1. The number of fused-ring (bicyclic) bond motifs is 4. The zero-order chi connectivity index (χ0) is 34.4. The van der Waals surface area contributed by atoms with Crippen LogP contribution in [-0.4, -0.2) is 68.2 Å². The number of rotatable bonds is 9. The van der Waals surface area contributed by atoms with E-state index in [4.69, 9.17) is 10.1 Å². The maximum atomic E-state index is 8.91. The van der Waals surface area contributed by atoms with Crippen molar-refractivity contribution in [2.45, 2.75) is 13.1 Å². The van der Waals surface area contributed by atoms with Crippen molar-refractivity contribution >= 4 is 61.5 Å². The van der Waals surface area contributed by atoms with Crippen LogP contribution in [0, 0.1) is 0 Å². The Morgan fingerprint density at radius 3 is 1.69 bits per heavy atom. The van der Waals surface area contributed by atoms with Crippen LogP contribution in [0.4, 0.5) is 17.3 Å². The molecule has 0 spiro atoms. The van der Waals surface area contributed by atoms with Gasteiger partial charge in [-0.05, 0) is 83.9 Å². The smallest absolute Gasteiger partial charge is 0.180 e. The Morgan fingerprint density at radius 1 is 0.549 bits per heavy atom. The normalized spacial score (nSPS) is 11.2. The fraction of sp³-hybridized carbons (Fsp3) is 0.105. The molecule has 250 valence electrons. The third kappa shape index (κ3) is 7.14. The predicted octanol–water partition coefficient (Wildman–Crippen LogP) is 5.99. The van der Waals surface area contributed by atoms with Gasteiger partial charge in [0.05, 0.1) is 30.7 Å². The zero-order valence-corrected chi connectivity index (χ0v) is 27.4. The molecule has 13 heteroatoms. The minimum absolute atomic E-state index is 0.0579. The van der Waals surface area contributed by atoms with E-state index < -0.39 is 0 Å². The molecule has 0 bridgehead atoms. The van der Waals surface area contributed by atoms with Crippen molar-refractivity contribution in [3.8, 4) is 0 Å². The molecular weight excluding hydrogens is 641 g/mol. The van der Waals surface area contributed by atoms with Gasteiger partial charge in [-0.1, -0.05) is 52.9 Å². The van der Waals surface area contributed by atoms with Crippen LogP contribution in [0.5, 0.6) is 0 Å². The summed E-state index contributed by atoms with van der Waals surface area (Å²) in [6.45, 7) is 1.70. The van der Waals surface area contributed by atoms with E-state index in [1.807, 2.05) is 95.7 Å². The highest BCUT2D eigenvalue weighted by Gasteiger charge is 2.10. The summed E-state index contributed by atoms with van der Waals surface area (Å²) in [6, 6.07) is 37.9. The molecule has 0 radical (unpaired) electrons. The molecule has 0 fully saturated rings. The van der Waals surface area contributed by atoms with Crippen LogP contribution in [-0.2, 0) is 13.1 Å². The average Bonchev–Trinajstić information content (AvgIpc) is 3.77. The number of benzene rings is 3. The maximum absolute atomic E-state index is 8.91. The van der Waals surface area contributed by atoms with Crippen molar-refractivity contribution < 1.29 is 5.11 Å². The lowest BCUT2D eigenvalue weighted by Gasteiger charge is -2.07. The standard InChI is InChI=1S/C21H16N6.C17H16N6O/c1-2-6-17(7-3-1)23-20-11-10-19-21(24-20)27(26-25-19)14-15-8-9-18-16(13-15)5-4-12-22-18;24-9-8-19-16-6-5-15-17(20-16)23(22-21-15)11-12-3-4-14-13(10-12)2-1-7-18-14/h1-13H,14H2,(H,23,24);1-7,10,24H,8-9,11H2,(H,19,20). The molecule has 0 aliphatic carbocycles. The number of para-hydroxylation sites is 1. The van der Waals surface area contributed by atoms with E-state index in [9.17, 15) is 0 Å². The highest BCUT2D eigenvalue weighted by Crippen LogP contribution is 2.20. The lowest BCUT2D eigenvalue weighted by Crippen LogP contribution is -2.08. The Morgan fingerprint density at radius 2 is 1.10 bits per heavy atom. The molecule has 9 rings (SSSR count). The second-order valence-corrected chi connectivity index (χ2v) is 11.8. The van der Waals surface area contributed by atoms with Gasteiger partial charge in [0.25, 0.3) is 0 Å². The Labute approximate surface area is 291 Å². The molecule has 3 N–H and O–H groups in total. The van der Waals surface area contributed by atoms with Crippen LogP contribution in [0.3, 0.4) is 0 Å². The van der Waals surface area contributed by atoms with Gasteiger partial charge >= 0.3 is 0 Å². The minimum atomic E-state index is 0.0579. The van der Waals surface area contributed by atoms with Gasteiger partial charge in [-0.2, -0.15) is 0 Å². The average molecular weight is 673 g/mol. The molecule has 51 heavy (non-hydrogen) atoms. The first-order valence-corrected chi connectivity index (χ1v) is 16.4. The minimum Gasteiger partial charge on any atom is -0.395 e. The summed E-state index contributed by atoms with van der Waals surface area (Å²) in [5.41, 5.74) is 8.17. The van der Waals surface area contributed by atoms with Gasteiger partial charge in [-0.3, -0.25) is 9.97 Å². The van der Waals surface area contributed by atoms with Crippen molar-refractivity contribution in [3.63, 3.8) is 0 Å². The Kier molecular flexibility index (Phi) is 8.82. The van der Waals surface area contributed by atoms with Gasteiger partial charge < -0.3 is 15.7 Å². The van der Waals surface area contributed by atoms with E-state index >= 15 is 0 Å². The molecule has 0 amide bonds. The summed E-state index contributed by atoms with van der Waals surface area (Å²) in [5, 5.41) is 34.4. The summed E-state index contributed by atoms with van der Waals surface area (Å²) >= 11 is 0. The summed E-state index contributed by atoms with van der Waals surface area (Å²) in [4.78, 5) is 17.9. The number of aliphatic hydroxyl groups is 1. The van der Waals surface area contributed by atoms with Crippen LogP contribution in [0.25, 0.3) is 44.1 Å². The van der Waals surface area contributed by atoms with E-state index in [0.29, 0.717) is 31.1 Å². The number of anilines is 3. The Bertz CT molecular complexity index is 2580. The van der Waals surface area contributed by atoms with Crippen LogP contribution in [0.1, 0.15) is 11.1 Å². The second-order valence-electron chi connectivity index (χ2n) is 11.8. The van der Waals surface area contributed by atoms with Crippen molar-refractivity contribution in [1.82, 2.24) is 49.9 Å². The largest absolute Gasteiger partial charge is 0.395 e. The maximum Gasteiger partial charge on any atom is 0.180 e. The molecule has 0 aliphatic heterocycles. The number of aliphatic hydroxyl groups excluding tert-OH is 1. The van der Waals surface area contributed by atoms with Gasteiger partial charge in [0.15, 0.2) is 11.3 Å². The summed E-state index contributed by atoms with van der Waals surface area (Å²) < 4.78 is 3.60. The van der Waals surface area contributed by atoms with E-state index in [1.165, 1.54) is 0 Å². The first-order chi connectivity index (χ1) is 25.2. The van der Waals surface area contributed by atoms with Gasteiger partial charge in [-0.15, -0.1) is 10.2 Å². The summed E-state index contributed by atoms with van der Waals surface area (Å²) in [6.07, 6.45) is 3.59. The molecule has 3 aromatic carbocycles. The Balaban J connectivity index is 0.000000148. The number of nitrogens with zero attached hydrogens (tertiary/aromatic N) is 10. The number of hydrogen-bond donors (Lipinski definition) is 3. The highest BCUT2D eigenvalue weighted by atomic mass is 16.3. The number of pyridine rings is 4. The number of nitrogens with one attached hydrogen (secondary N) is 2. The van der Waals surface area contributed by atoms with Crippen LogP contribution < -0.4 is 10.6 Å². The third-order valence-corrected chi connectivity index (χ3v) is 8.18. The molecule has 13 nitrogen and oxygen atoms in total. The number of aromatic nitrogens is 10. The molecule has 0 unspecified atom stereocenters. The fourth-order valence-corrected chi connectivity index (χ4v) is 5.73. The Hall–Kier alpha value is -6.86. The predicted molar refractivity (Wildman–Crippen MR) is 198 cm³/mol. The zero-order valence-electron chi connectivity index (χ0n) is 27.4. The molecule has 0 saturated carbocycles. The van der Waals surface area contributed by atoms with Gasteiger partial charge in [0.2, 0.25) is 0 Å². The number of hydrogen-bond acceptors (Lipinski definition) is 11. The monoisotopic (exact) mass is 672 g/mol. The first-order valence-electron chi connectivity index (χ1n) is 16.4. The van der Waals surface area contributed by atoms with Gasteiger partial charge in [-0.25, -0.2) is 19.3 Å². The van der Waals surface area contributed by atoms with Crippen LogP contribution in [0.15, 0.2) is 128 Å². The SMILES string of the molecule is OCCNc1ccc2nnn(Cc3ccc4ncccc4c3)c2n1.c1ccc(Nc2ccc3nnn(Cc4ccc5ncccc5c4)c3n2)cc1. The molecular formula is C38H32N12O. The first kappa shape index (κ1) is 31.4. The molecule has 9 aromatic rings. The highest BCUT2D eigenvalue weighted by molar-refractivity contribution is 5.80. The van der Waals surface area contributed by atoms with Crippen molar-refractivity contribution in [1.29, 1.82) is 0 Å². The van der Waals surface area contributed by atoms with Gasteiger partial charge in [0, 0.05) is 35.4 Å². The van der Waals surface area contributed by atoms with Crippen molar-refractivity contribution in [3.05, 3.63) is 139 Å². The molecule has 6 heterocycles. The molecule has 0 saturated heterocycles. The molecule has 6 aromatic heterocycles. The quantitative estimate of drug-likeness (QED) is 0.165. The molecule has 0 atom stereocenters. The summed E-state index contributed by atoms with van der Waals surface area (Å²) in [7, 11) is 0. The van der Waals surface area contributed by atoms with Gasteiger partial charge in [0.1, 0.15) is 22.7 Å². The van der Waals surface area contributed by atoms with Crippen LogP contribution >= 0.6 is 0 Å². The summed E-state index contributed by atoms with van der Waals surface area (Å²) in [5.74, 6) is 1.46. The van der Waals surface area contributed by atoms with E-state index in [1.54, 1.807) is 17.1 Å². The lowest BCUT2D eigenvalue weighted by molar-refractivity contribution is 0.311. The third-order valence-electron chi connectivity index (χ3n) is 8.18. The van der Waals surface area contributed by atoms with Crippen LogP contribution in [0.2, 0.25) is 0 Å². The van der Waals surface area contributed by atoms with Crippen molar-refractivity contribution in [2.24, 2.45) is 0 Å². The molecule has 0 aliphatic rings. The van der Waals surface area contributed by atoms with E-state index in [-0.39, 0.29) is 6.61 Å². The second kappa shape index (κ2) is 14.3. The topological polar surface area (TPSA) is 157 Å². The van der Waals surface area contributed by atoms with E-state index in [0.717, 1.165) is 61.1 Å². The fourth-order valence-electron chi connectivity index (χ4n) is 5.73. The van der Waals surface area contributed by atoms with E-state index in [2.05, 4.69) is 70.5 Å². The van der Waals surface area contributed by atoms with Crippen molar-refractivity contribution in [2.75, 3.05) is 23.8 Å².